The molecule has 0 saturated carbocycles. The average Bonchev–Trinajstić information content (AvgIpc) is 2.96. The van der Waals surface area contributed by atoms with Gasteiger partial charge in [-0.25, -0.2) is 0 Å². The van der Waals surface area contributed by atoms with Crippen LogP contribution in [0.5, 0.6) is 0 Å². The zero-order valence-corrected chi connectivity index (χ0v) is 17.1. The number of hydrogen-bond donors (Lipinski definition) is 2. The van der Waals surface area contributed by atoms with Gasteiger partial charge in [-0.05, 0) is 47.7 Å². The number of benzene rings is 3. The highest BCUT2D eigenvalue weighted by molar-refractivity contribution is 6.01. The van der Waals surface area contributed by atoms with Gasteiger partial charge in [0.2, 0.25) is 0 Å². The molecule has 0 unspecified atom stereocenters. The van der Waals surface area contributed by atoms with Crippen molar-refractivity contribution in [2.45, 2.75) is 31.0 Å². The number of carbonyl (C=O) groups excluding carboxylic acids is 1. The van der Waals surface area contributed by atoms with E-state index in [1.807, 2.05) is 54.6 Å². The minimum Gasteiger partial charge on any atom is -0.372 e. The van der Waals surface area contributed by atoms with E-state index in [9.17, 15) is 18.0 Å². The first-order valence-electron chi connectivity index (χ1n) is 10.5. The van der Waals surface area contributed by atoms with Gasteiger partial charge in [-0.1, -0.05) is 54.6 Å². The van der Waals surface area contributed by atoms with Crippen LogP contribution in [0, 0.1) is 0 Å². The third kappa shape index (κ3) is 3.77. The first-order valence-corrected chi connectivity index (χ1v) is 10.5. The molecule has 0 radical (unpaired) electrons. The molecule has 0 aromatic heterocycles. The van der Waals surface area contributed by atoms with E-state index in [4.69, 9.17) is 0 Å². The highest BCUT2D eigenvalue weighted by Crippen LogP contribution is 2.44. The maximum absolute atomic E-state index is 13.4. The number of ketones is 1. The second-order valence-corrected chi connectivity index (χ2v) is 8.20. The van der Waals surface area contributed by atoms with Crippen LogP contribution in [-0.2, 0) is 11.0 Å². The minimum atomic E-state index is -4.46. The van der Waals surface area contributed by atoms with Crippen LogP contribution in [0.3, 0.4) is 0 Å². The zero-order chi connectivity index (χ0) is 22.3. The number of hydrogen-bond acceptors (Lipinski definition) is 3. The smallest absolute Gasteiger partial charge is 0.372 e. The van der Waals surface area contributed by atoms with Crippen LogP contribution < -0.4 is 10.6 Å². The predicted molar refractivity (Wildman–Crippen MR) is 118 cm³/mol. The molecule has 3 aromatic rings. The number of para-hydroxylation sites is 2. The maximum atomic E-state index is 13.4. The van der Waals surface area contributed by atoms with Crippen molar-refractivity contribution in [3.8, 4) is 0 Å². The Morgan fingerprint density at radius 3 is 2.22 bits per heavy atom. The van der Waals surface area contributed by atoms with E-state index in [0.717, 1.165) is 34.8 Å². The molecular formula is C26H21F3N2O. The minimum absolute atomic E-state index is 0.0161. The fourth-order valence-corrected chi connectivity index (χ4v) is 4.60. The molecule has 0 spiro atoms. The van der Waals surface area contributed by atoms with Crippen molar-refractivity contribution in [3.05, 3.63) is 107 Å². The van der Waals surface area contributed by atoms with E-state index in [1.54, 1.807) is 6.07 Å². The normalized spacial score (nSPS) is 20.5. The Balaban J connectivity index is 1.62. The zero-order valence-electron chi connectivity index (χ0n) is 17.1. The van der Waals surface area contributed by atoms with Crippen molar-refractivity contribution < 1.29 is 18.0 Å². The van der Waals surface area contributed by atoms with Gasteiger partial charge in [-0.15, -0.1) is 0 Å². The van der Waals surface area contributed by atoms with Crippen LogP contribution in [0.4, 0.5) is 24.5 Å². The van der Waals surface area contributed by atoms with E-state index < -0.39 is 17.8 Å². The third-order valence-electron chi connectivity index (χ3n) is 6.13. The van der Waals surface area contributed by atoms with Crippen LogP contribution in [0.2, 0.25) is 0 Å². The van der Waals surface area contributed by atoms with E-state index in [2.05, 4.69) is 10.6 Å². The fraction of sp³-hybridized carbons (Fsp3) is 0.192. The van der Waals surface area contributed by atoms with Gasteiger partial charge in [0.1, 0.15) is 0 Å². The molecular weight excluding hydrogens is 413 g/mol. The van der Waals surface area contributed by atoms with Crippen LogP contribution in [0.1, 0.15) is 41.5 Å². The van der Waals surface area contributed by atoms with Gasteiger partial charge in [-0.3, -0.25) is 4.79 Å². The van der Waals surface area contributed by atoms with Crippen molar-refractivity contribution in [1.29, 1.82) is 0 Å². The van der Waals surface area contributed by atoms with E-state index in [0.29, 0.717) is 24.0 Å². The van der Waals surface area contributed by atoms with Crippen LogP contribution in [-0.4, -0.2) is 5.78 Å². The lowest BCUT2D eigenvalue weighted by Gasteiger charge is -2.30. The Labute approximate surface area is 184 Å². The number of rotatable bonds is 2. The number of nitrogens with one attached hydrogen (secondary N) is 2. The Morgan fingerprint density at radius 1 is 0.781 bits per heavy atom. The Morgan fingerprint density at radius 2 is 1.47 bits per heavy atom. The molecule has 2 N–H and O–H groups in total. The lowest BCUT2D eigenvalue weighted by atomic mass is 9.78. The topological polar surface area (TPSA) is 41.1 Å². The fourth-order valence-electron chi connectivity index (χ4n) is 4.60. The lowest BCUT2D eigenvalue weighted by Crippen LogP contribution is -2.27. The number of alkyl halides is 3. The maximum Gasteiger partial charge on any atom is 0.416 e. The SMILES string of the molecule is O=C1C[C@H](c2ccccc2)CC2=C1[C@@H](c1cccc(C(F)(F)F)c1)Nc1ccccc1N2. The van der Waals surface area contributed by atoms with Gasteiger partial charge in [0.25, 0.3) is 0 Å². The van der Waals surface area contributed by atoms with Crippen molar-refractivity contribution >= 4 is 17.2 Å². The average molecular weight is 434 g/mol. The van der Waals surface area contributed by atoms with Crippen LogP contribution >= 0.6 is 0 Å². The standard InChI is InChI=1S/C26H21F3N2O/c27-26(28,29)19-10-6-9-17(13-19)25-24-22(30-20-11-4-5-12-21(20)31-25)14-18(15-23(24)32)16-7-2-1-3-8-16/h1-13,18,25,30-31H,14-15H2/t18-,25-/m1/s1. The Bertz CT molecular complexity index is 1200. The molecule has 6 heteroatoms. The first kappa shape index (κ1) is 20.4. The van der Waals surface area contributed by atoms with Gasteiger partial charge >= 0.3 is 6.18 Å². The van der Waals surface area contributed by atoms with Gasteiger partial charge in [0, 0.05) is 17.7 Å². The number of allylic oxidation sites excluding steroid dienone is 1. The molecule has 1 heterocycles. The molecule has 2 aliphatic rings. The number of Topliss-reactive ketones (excluding diaryl/α,β-unsaturated/α-hetero) is 1. The van der Waals surface area contributed by atoms with Crippen molar-refractivity contribution in [2.24, 2.45) is 0 Å². The molecule has 1 aliphatic carbocycles. The number of carbonyl (C=O) groups is 1. The van der Waals surface area contributed by atoms with E-state index in [-0.39, 0.29) is 11.7 Å². The Hall–Kier alpha value is -3.54. The molecule has 3 aromatic carbocycles. The summed E-state index contributed by atoms with van der Waals surface area (Å²) in [5, 5.41) is 6.74. The number of anilines is 2. The third-order valence-corrected chi connectivity index (χ3v) is 6.13. The van der Waals surface area contributed by atoms with Crippen molar-refractivity contribution in [2.75, 3.05) is 10.6 Å². The van der Waals surface area contributed by atoms with E-state index in [1.165, 1.54) is 6.07 Å². The molecule has 3 nitrogen and oxygen atoms in total. The van der Waals surface area contributed by atoms with Gasteiger partial charge in [0.05, 0.1) is 23.0 Å². The quantitative estimate of drug-likeness (QED) is 0.472. The van der Waals surface area contributed by atoms with Gasteiger partial charge in [-0.2, -0.15) is 13.2 Å². The molecule has 162 valence electrons. The molecule has 0 amide bonds. The first-order chi connectivity index (χ1) is 15.4. The second kappa shape index (κ2) is 7.86. The highest BCUT2D eigenvalue weighted by atomic mass is 19.4. The second-order valence-electron chi connectivity index (χ2n) is 8.20. The summed E-state index contributed by atoms with van der Waals surface area (Å²) in [4.78, 5) is 13.4. The molecule has 5 rings (SSSR count). The summed E-state index contributed by atoms with van der Waals surface area (Å²) in [5.41, 5.74) is 3.58. The summed E-state index contributed by atoms with van der Waals surface area (Å²) in [6, 6.07) is 21.9. The summed E-state index contributed by atoms with van der Waals surface area (Å²) >= 11 is 0. The molecule has 2 atom stereocenters. The van der Waals surface area contributed by atoms with Gasteiger partial charge < -0.3 is 10.6 Å². The Kier molecular flexibility index (Phi) is 5.00. The van der Waals surface area contributed by atoms with Crippen LogP contribution in [0.25, 0.3) is 0 Å². The summed E-state index contributed by atoms with van der Waals surface area (Å²) in [7, 11) is 0. The van der Waals surface area contributed by atoms with Crippen LogP contribution in [0.15, 0.2) is 90.1 Å². The predicted octanol–water partition coefficient (Wildman–Crippen LogP) is 6.68. The van der Waals surface area contributed by atoms with Gasteiger partial charge in [0.15, 0.2) is 5.78 Å². The molecule has 0 bridgehead atoms. The summed E-state index contributed by atoms with van der Waals surface area (Å²) in [6.45, 7) is 0. The van der Waals surface area contributed by atoms with Crippen molar-refractivity contribution in [1.82, 2.24) is 0 Å². The summed E-state index contributed by atoms with van der Waals surface area (Å²) in [5.74, 6) is -0.0438. The monoisotopic (exact) mass is 434 g/mol. The summed E-state index contributed by atoms with van der Waals surface area (Å²) < 4.78 is 40.2. The lowest BCUT2D eigenvalue weighted by molar-refractivity contribution is -0.137. The molecule has 1 aliphatic heterocycles. The molecule has 32 heavy (non-hydrogen) atoms. The number of halogens is 3. The largest absolute Gasteiger partial charge is 0.416 e. The highest BCUT2D eigenvalue weighted by Gasteiger charge is 2.37. The number of fused-ring (bicyclic) bond motifs is 1. The molecule has 0 fully saturated rings. The molecule has 0 saturated heterocycles. The van der Waals surface area contributed by atoms with Crippen molar-refractivity contribution in [3.63, 3.8) is 0 Å². The van der Waals surface area contributed by atoms with E-state index >= 15 is 0 Å². The summed E-state index contributed by atoms with van der Waals surface area (Å²) in [6.07, 6.45) is -3.53.